The topological polar surface area (TPSA) is 95.9 Å². The van der Waals surface area contributed by atoms with Crippen LogP contribution in [0.25, 0.3) is 11.1 Å². The van der Waals surface area contributed by atoms with Gasteiger partial charge < -0.3 is 20.1 Å². The van der Waals surface area contributed by atoms with Crippen LogP contribution in [0.3, 0.4) is 0 Å². The van der Waals surface area contributed by atoms with E-state index in [4.69, 9.17) is 4.74 Å². The second-order valence-electron chi connectivity index (χ2n) is 10.7. The molecule has 0 bridgehead atoms. The number of hydrogen-bond acceptors (Lipinski definition) is 4. The van der Waals surface area contributed by atoms with E-state index >= 15 is 0 Å². The van der Waals surface area contributed by atoms with E-state index in [1.807, 2.05) is 38.1 Å². The number of likely N-dealkylation sites (tertiary alicyclic amines) is 1. The monoisotopic (exact) mass is 476 g/mol. The van der Waals surface area contributed by atoms with Gasteiger partial charge in [0.25, 0.3) is 0 Å². The Kier molecular flexibility index (Phi) is 5.82. The third-order valence-electron chi connectivity index (χ3n) is 7.91. The van der Waals surface area contributed by atoms with Gasteiger partial charge in [0, 0.05) is 24.4 Å². The summed E-state index contributed by atoms with van der Waals surface area (Å²) in [6.45, 7) is 4.42. The van der Waals surface area contributed by atoms with Crippen molar-refractivity contribution in [2.75, 3.05) is 13.2 Å². The van der Waals surface area contributed by atoms with Crippen LogP contribution in [0.15, 0.2) is 48.5 Å². The molecule has 3 aliphatic rings. The number of nitrogens with zero attached hydrogens (tertiary/aromatic N) is 1. The van der Waals surface area contributed by atoms with Gasteiger partial charge in [-0.05, 0) is 67.7 Å². The first-order valence-electron chi connectivity index (χ1n) is 12.4. The Labute approximate surface area is 205 Å². The zero-order valence-electron chi connectivity index (χ0n) is 20.3. The van der Waals surface area contributed by atoms with Crippen molar-refractivity contribution in [1.29, 1.82) is 0 Å². The van der Waals surface area contributed by atoms with Crippen LogP contribution in [0.1, 0.15) is 63.0 Å². The summed E-state index contributed by atoms with van der Waals surface area (Å²) in [5, 5.41) is 12.6. The van der Waals surface area contributed by atoms with Crippen LogP contribution in [-0.4, -0.2) is 52.2 Å². The van der Waals surface area contributed by atoms with Gasteiger partial charge in [0.05, 0.1) is 0 Å². The molecule has 1 saturated heterocycles. The lowest BCUT2D eigenvalue weighted by atomic mass is 9.96. The predicted molar refractivity (Wildman–Crippen MR) is 131 cm³/mol. The number of hydrogen-bond donors (Lipinski definition) is 2. The number of fused-ring (bicyclic) bond motifs is 4. The molecule has 2 aliphatic carbocycles. The Balaban J connectivity index is 1.16. The van der Waals surface area contributed by atoms with Gasteiger partial charge in [0.1, 0.15) is 12.1 Å². The molecule has 0 spiro atoms. The molecule has 7 nitrogen and oxygen atoms in total. The fraction of sp³-hybridized carbons (Fsp3) is 0.464. The van der Waals surface area contributed by atoms with Gasteiger partial charge >= 0.3 is 12.1 Å². The molecule has 7 heteroatoms. The molecule has 1 saturated carbocycles. The molecule has 0 radical (unpaired) electrons. The van der Waals surface area contributed by atoms with Crippen LogP contribution in [0.5, 0.6) is 0 Å². The van der Waals surface area contributed by atoms with E-state index in [0.29, 0.717) is 19.4 Å². The van der Waals surface area contributed by atoms with Crippen molar-refractivity contribution in [3.63, 3.8) is 0 Å². The average Bonchev–Trinajstić information content (AvgIpc) is 3.52. The molecule has 5 rings (SSSR count). The van der Waals surface area contributed by atoms with Crippen LogP contribution in [0.2, 0.25) is 0 Å². The Morgan fingerprint density at radius 3 is 2.34 bits per heavy atom. The quantitative estimate of drug-likeness (QED) is 0.611. The molecule has 0 aromatic heterocycles. The van der Waals surface area contributed by atoms with E-state index in [-0.39, 0.29) is 30.8 Å². The fourth-order valence-electron chi connectivity index (χ4n) is 5.94. The number of carboxylic acids is 1. The van der Waals surface area contributed by atoms with E-state index in [0.717, 1.165) is 24.0 Å². The number of piperidine rings is 1. The van der Waals surface area contributed by atoms with Crippen LogP contribution in [0.4, 0.5) is 4.79 Å². The molecule has 1 heterocycles. The van der Waals surface area contributed by atoms with Crippen LogP contribution < -0.4 is 5.32 Å². The van der Waals surface area contributed by atoms with Crippen molar-refractivity contribution < 1.29 is 24.2 Å². The van der Waals surface area contributed by atoms with Crippen LogP contribution >= 0.6 is 0 Å². The highest BCUT2D eigenvalue weighted by molar-refractivity contribution is 5.90. The highest BCUT2D eigenvalue weighted by Crippen LogP contribution is 2.54. The normalized spacial score (nSPS) is 22.6. The van der Waals surface area contributed by atoms with Crippen molar-refractivity contribution in [2.45, 2.75) is 62.9 Å². The van der Waals surface area contributed by atoms with E-state index in [2.05, 4.69) is 29.6 Å². The molecule has 1 aliphatic heterocycles. The third kappa shape index (κ3) is 4.17. The molecule has 2 aromatic carbocycles. The molecule has 2 atom stereocenters. The number of alkyl carbamates (subject to hydrolysis) is 1. The van der Waals surface area contributed by atoms with Crippen molar-refractivity contribution in [3.05, 3.63) is 59.7 Å². The number of nitrogens with one attached hydrogen (secondary N) is 1. The fourth-order valence-corrected chi connectivity index (χ4v) is 5.94. The van der Waals surface area contributed by atoms with Crippen molar-refractivity contribution in [2.24, 2.45) is 5.92 Å². The summed E-state index contributed by atoms with van der Waals surface area (Å²) in [6.07, 6.45) is 2.31. The number of amides is 2. The summed E-state index contributed by atoms with van der Waals surface area (Å²) >= 11 is 0. The van der Waals surface area contributed by atoms with E-state index in [1.165, 1.54) is 11.1 Å². The largest absolute Gasteiger partial charge is 0.479 e. The zero-order chi connectivity index (χ0) is 24.8. The maximum absolute atomic E-state index is 12.9. The standard InChI is InChI=1S/C28H32N2O5/c1-27(2,14-13-24(31)30-15-7-8-18-16-28(18,30)25(32)33)29-26(34)35-17-23-21-11-5-3-9-19(21)20-10-4-6-12-22(20)23/h3-6,9-12,18,23H,7-8,13-17H2,1-2H3,(H,29,34)(H,32,33)/t18-,28+/m1/s1. The van der Waals surface area contributed by atoms with Gasteiger partial charge in [-0.1, -0.05) is 48.5 Å². The van der Waals surface area contributed by atoms with Crippen molar-refractivity contribution >= 4 is 18.0 Å². The molecular formula is C28H32N2O5. The second-order valence-corrected chi connectivity index (χ2v) is 10.7. The summed E-state index contributed by atoms with van der Waals surface area (Å²) in [5.41, 5.74) is 2.97. The molecular weight excluding hydrogens is 444 g/mol. The van der Waals surface area contributed by atoms with Gasteiger partial charge in [-0.15, -0.1) is 0 Å². The lowest BCUT2D eigenvalue weighted by Crippen LogP contribution is -2.52. The van der Waals surface area contributed by atoms with Gasteiger partial charge in [-0.3, -0.25) is 4.79 Å². The summed E-state index contributed by atoms with van der Waals surface area (Å²) < 4.78 is 5.65. The molecule has 2 N–H and O–H groups in total. The maximum atomic E-state index is 12.9. The smallest absolute Gasteiger partial charge is 0.407 e. The average molecular weight is 477 g/mol. The summed E-state index contributed by atoms with van der Waals surface area (Å²) in [7, 11) is 0. The maximum Gasteiger partial charge on any atom is 0.407 e. The third-order valence-corrected chi connectivity index (χ3v) is 7.91. The van der Waals surface area contributed by atoms with E-state index < -0.39 is 23.1 Å². The zero-order valence-corrected chi connectivity index (χ0v) is 20.3. The molecule has 0 unspecified atom stereocenters. The molecule has 2 fully saturated rings. The van der Waals surface area contributed by atoms with Crippen molar-refractivity contribution in [1.82, 2.24) is 10.2 Å². The van der Waals surface area contributed by atoms with Gasteiger partial charge in [-0.2, -0.15) is 0 Å². The van der Waals surface area contributed by atoms with Crippen LogP contribution in [0, 0.1) is 5.92 Å². The van der Waals surface area contributed by atoms with E-state index in [1.54, 1.807) is 4.90 Å². The van der Waals surface area contributed by atoms with Gasteiger partial charge in [-0.25, -0.2) is 9.59 Å². The van der Waals surface area contributed by atoms with E-state index in [9.17, 15) is 19.5 Å². The first kappa shape index (κ1) is 23.4. The first-order valence-corrected chi connectivity index (χ1v) is 12.4. The number of carbonyl (C=O) groups excluding carboxylic acids is 2. The highest BCUT2D eigenvalue weighted by atomic mass is 16.5. The Morgan fingerprint density at radius 1 is 1.09 bits per heavy atom. The van der Waals surface area contributed by atoms with Gasteiger partial charge in [0.2, 0.25) is 5.91 Å². The summed E-state index contributed by atoms with van der Waals surface area (Å²) in [4.78, 5) is 39.0. The molecule has 184 valence electrons. The lowest BCUT2D eigenvalue weighted by molar-refractivity contribution is -0.154. The Bertz CT molecular complexity index is 1130. The predicted octanol–water partition coefficient (Wildman–Crippen LogP) is 4.55. The minimum Gasteiger partial charge on any atom is -0.479 e. The lowest BCUT2D eigenvalue weighted by Gasteiger charge is -2.34. The van der Waals surface area contributed by atoms with Crippen molar-refractivity contribution in [3.8, 4) is 11.1 Å². The highest BCUT2D eigenvalue weighted by Gasteiger charge is 2.66. The SMILES string of the molecule is CC(C)(CCC(=O)N1CCC[C@@H]2C[C@@]21C(=O)O)NC(=O)OCC1c2ccccc2-c2ccccc21. The van der Waals surface area contributed by atoms with Gasteiger partial charge in [0.15, 0.2) is 0 Å². The minimum atomic E-state index is -1.00. The summed E-state index contributed by atoms with van der Waals surface area (Å²) in [6, 6.07) is 16.4. The molecule has 35 heavy (non-hydrogen) atoms. The van der Waals surface area contributed by atoms with Crippen LogP contribution in [-0.2, 0) is 14.3 Å². The summed E-state index contributed by atoms with van der Waals surface area (Å²) in [5.74, 6) is -0.996. The minimum absolute atomic E-state index is 0.0179. The number of aliphatic carboxylic acids is 1. The number of ether oxygens (including phenoxy) is 1. The number of rotatable bonds is 7. The second kappa shape index (κ2) is 8.70. The number of carbonyl (C=O) groups is 3. The Hall–Kier alpha value is -3.35. The molecule has 2 aromatic rings. The Morgan fingerprint density at radius 2 is 1.71 bits per heavy atom. The number of carboxylic acid groups (broad SMARTS) is 1. The number of benzene rings is 2. The molecule has 2 amide bonds. The first-order chi connectivity index (χ1) is 16.7.